The molecule has 0 saturated carbocycles. The number of imidazole rings is 1. The Hall–Kier alpha value is -2.93. The summed E-state index contributed by atoms with van der Waals surface area (Å²) in [6, 6.07) is 11.4. The van der Waals surface area contributed by atoms with E-state index in [1.54, 1.807) is 10.7 Å². The third kappa shape index (κ3) is 4.62. The summed E-state index contributed by atoms with van der Waals surface area (Å²) in [4.78, 5) is 16.9. The van der Waals surface area contributed by atoms with Gasteiger partial charge in [-0.2, -0.15) is 0 Å². The second kappa shape index (κ2) is 7.75. The average molecular weight is 366 g/mol. The molecule has 0 unspecified atom stereocenters. The molecule has 0 aliphatic heterocycles. The minimum absolute atomic E-state index is 0.0568. The number of nitrogens with zero attached hydrogens (tertiary/aromatic N) is 3. The molecule has 0 spiro atoms. The molecular weight excluding hydrogens is 340 g/mol. The number of hydrogen-bond acceptors (Lipinski definition) is 5. The first-order valence-electron chi connectivity index (χ1n) is 9.03. The zero-order valence-electron chi connectivity index (χ0n) is 16.2. The molecule has 0 bridgehead atoms. The monoisotopic (exact) mass is 366 g/mol. The van der Waals surface area contributed by atoms with Crippen LogP contribution in [-0.4, -0.2) is 40.6 Å². The lowest BCUT2D eigenvalue weighted by atomic mass is 9.87. The quantitative estimate of drug-likeness (QED) is 0.584. The van der Waals surface area contributed by atoms with Crippen LogP contribution < -0.4 is 16.0 Å². The van der Waals surface area contributed by atoms with Gasteiger partial charge in [0.1, 0.15) is 5.82 Å². The van der Waals surface area contributed by atoms with Crippen molar-refractivity contribution in [1.82, 2.24) is 19.9 Å². The summed E-state index contributed by atoms with van der Waals surface area (Å²) in [6.45, 7) is 8.06. The van der Waals surface area contributed by atoms with Crippen molar-refractivity contribution < 1.29 is 4.79 Å². The number of likely N-dealkylation sites (N-methyl/N-ethyl adjacent to an activating group) is 1. The molecule has 7 nitrogen and oxygen atoms in total. The summed E-state index contributed by atoms with van der Waals surface area (Å²) >= 11 is 0. The van der Waals surface area contributed by atoms with E-state index in [1.165, 1.54) is 5.56 Å². The Labute approximate surface area is 159 Å². The first-order chi connectivity index (χ1) is 12.9. The number of anilines is 2. The van der Waals surface area contributed by atoms with E-state index in [9.17, 15) is 4.79 Å². The molecule has 2 aromatic heterocycles. The number of hydrogen-bond donors (Lipinski definition) is 3. The van der Waals surface area contributed by atoms with Crippen LogP contribution in [-0.2, 0) is 5.41 Å². The molecule has 3 rings (SSSR count). The van der Waals surface area contributed by atoms with E-state index in [4.69, 9.17) is 0 Å². The number of nitrogens with one attached hydrogen (secondary N) is 3. The second-order valence-corrected chi connectivity index (χ2v) is 7.46. The highest BCUT2D eigenvalue weighted by Gasteiger charge is 2.15. The lowest BCUT2D eigenvalue weighted by molar-refractivity contribution is 0.102. The van der Waals surface area contributed by atoms with Crippen LogP contribution in [0, 0.1) is 0 Å². The van der Waals surface area contributed by atoms with Gasteiger partial charge in [-0.1, -0.05) is 32.9 Å². The van der Waals surface area contributed by atoms with Crippen molar-refractivity contribution in [2.24, 2.45) is 0 Å². The first kappa shape index (κ1) is 18.8. The molecule has 2 heterocycles. The second-order valence-electron chi connectivity index (χ2n) is 7.46. The highest BCUT2D eigenvalue weighted by molar-refractivity contribution is 6.03. The number of carbonyl (C=O) groups excluding carboxylic acids is 1. The Morgan fingerprint density at radius 1 is 1.04 bits per heavy atom. The van der Waals surface area contributed by atoms with Crippen molar-refractivity contribution in [2.75, 3.05) is 30.8 Å². The van der Waals surface area contributed by atoms with Gasteiger partial charge in [0.05, 0.1) is 6.20 Å². The van der Waals surface area contributed by atoms with E-state index in [2.05, 4.69) is 46.8 Å². The number of carbonyl (C=O) groups is 1. The molecular formula is C20H26N6O. The smallest absolute Gasteiger partial charge is 0.256 e. The summed E-state index contributed by atoms with van der Waals surface area (Å²) < 4.78 is 1.65. The Balaban J connectivity index is 1.71. The van der Waals surface area contributed by atoms with Gasteiger partial charge < -0.3 is 16.0 Å². The zero-order chi connectivity index (χ0) is 19.4. The van der Waals surface area contributed by atoms with Gasteiger partial charge in [-0.15, -0.1) is 5.10 Å². The predicted molar refractivity (Wildman–Crippen MR) is 108 cm³/mol. The molecule has 0 aliphatic rings. The zero-order valence-corrected chi connectivity index (χ0v) is 16.2. The fraction of sp³-hybridized carbons (Fsp3) is 0.350. The largest absolute Gasteiger partial charge is 0.367 e. The molecule has 0 saturated heterocycles. The van der Waals surface area contributed by atoms with Crippen LogP contribution >= 0.6 is 0 Å². The van der Waals surface area contributed by atoms with E-state index in [0.29, 0.717) is 17.0 Å². The molecule has 3 aromatic rings. The number of rotatable bonds is 6. The Kier molecular flexibility index (Phi) is 5.41. The van der Waals surface area contributed by atoms with Crippen LogP contribution in [0.3, 0.4) is 0 Å². The van der Waals surface area contributed by atoms with Crippen LogP contribution in [0.2, 0.25) is 0 Å². The summed E-state index contributed by atoms with van der Waals surface area (Å²) in [6.07, 6.45) is 1.71. The molecule has 7 heteroatoms. The van der Waals surface area contributed by atoms with Crippen LogP contribution in [0.1, 0.15) is 36.7 Å². The molecule has 1 aromatic carbocycles. The van der Waals surface area contributed by atoms with Gasteiger partial charge in [0.2, 0.25) is 0 Å². The lowest BCUT2D eigenvalue weighted by Crippen LogP contribution is -2.18. The molecule has 0 fully saturated rings. The normalized spacial score (nSPS) is 11.6. The maximum absolute atomic E-state index is 12.5. The van der Waals surface area contributed by atoms with Gasteiger partial charge in [0.25, 0.3) is 5.91 Å². The summed E-state index contributed by atoms with van der Waals surface area (Å²) in [5, 5.41) is 13.6. The van der Waals surface area contributed by atoms with Crippen LogP contribution in [0.4, 0.5) is 11.6 Å². The minimum atomic E-state index is -0.189. The lowest BCUT2D eigenvalue weighted by Gasteiger charge is -2.18. The fourth-order valence-corrected chi connectivity index (χ4v) is 2.66. The predicted octanol–water partition coefficient (Wildman–Crippen LogP) is 2.91. The van der Waals surface area contributed by atoms with Crippen molar-refractivity contribution in [1.29, 1.82) is 0 Å². The van der Waals surface area contributed by atoms with Crippen molar-refractivity contribution in [3.8, 4) is 0 Å². The van der Waals surface area contributed by atoms with E-state index in [1.807, 2.05) is 43.4 Å². The third-order valence-electron chi connectivity index (χ3n) is 4.26. The number of amides is 1. The van der Waals surface area contributed by atoms with Crippen molar-refractivity contribution in [2.45, 2.75) is 26.2 Å². The van der Waals surface area contributed by atoms with Crippen molar-refractivity contribution >= 4 is 23.2 Å². The molecule has 0 atom stereocenters. The number of fused-ring (bicyclic) bond motifs is 1. The van der Waals surface area contributed by atoms with Gasteiger partial charge in [-0.05, 0) is 42.3 Å². The minimum Gasteiger partial charge on any atom is -0.367 e. The maximum Gasteiger partial charge on any atom is 0.256 e. The highest BCUT2D eigenvalue weighted by Crippen LogP contribution is 2.22. The third-order valence-corrected chi connectivity index (χ3v) is 4.26. The van der Waals surface area contributed by atoms with Gasteiger partial charge in [-0.3, -0.25) is 4.79 Å². The van der Waals surface area contributed by atoms with Gasteiger partial charge >= 0.3 is 0 Å². The Bertz CT molecular complexity index is 924. The SMILES string of the molecule is CNCCNc1ccc2nc(NC(=O)c3ccc(C(C)(C)C)cc3)cn2n1. The first-order valence-corrected chi connectivity index (χ1v) is 9.03. The summed E-state index contributed by atoms with van der Waals surface area (Å²) in [5.41, 5.74) is 2.52. The molecule has 3 N–H and O–H groups in total. The topological polar surface area (TPSA) is 83.4 Å². The summed E-state index contributed by atoms with van der Waals surface area (Å²) in [5.74, 6) is 1.04. The van der Waals surface area contributed by atoms with Crippen molar-refractivity contribution in [3.63, 3.8) is 0 Å². The fourth-order valence-electron chi connectivity index (χ4n) is 2.66. The van der Waals surface area contributed by atoms with E-state index in [-0.39, 0.29) is 11.3 Å². The van der Waals surface area contributed by atoms with Crippen LogP contribution in [0.5, 0.6) is 0 Å². The molecule has 0 aliphatic carbocycles. The average Bonchev–Trinajstić information content (AvgIpc) is 3.03. The van der Waals surface area contributed by atoms with Gasteiger partial charge in [0, 0.05) is 18.7 Å². The van der Waals surface area contributed by atoms with Crippen molar-refractivity contribution in [3.05, 3.63) is 53.7 Å². The van der Waals surface area contributed by atoms with E-state index < -0.39 is 0 Å². The highest BCUT2D eigenvalue weighted by atomic mass is 16.1. The van der Waals surface area contributed by atoms with Crippen LogP contribution in [0.25, 0.3) is 5.65 Å². The molecule has 1 amide bonds. The Morgan fingerprint density at radius 3 is 2.44 bits per heavy atom. The number of aromatic nitrogens is 3. The standard InChI is InChI=1S/C20H26N6O/c1-20(2,3)15-7-5-14(6-8-15)19(27)24-17-13-26-18(23-17)10-9-16(25-26)22-12-11-21-4/h5-10,13,21H,11-12H2,1-4H3,(H,22,25)(H,24,27). The molecule has 142 valence electrons. The molecule has 0 radical (unpaired) electrons. The van der Waals surface area contributed by atoms with Gasteiger partial charge in [0.15, 0.2) is 11.5 Å². The Morgan fingerprint density at radius 2 is 1.78 bits per heavy atom. The number of benzene rings is 1. The van der Waals surface area contributed by atoms with E-state index in [0.717, 1.165) is 18.9 Å². The van der Waals surface area contributed by atoms with Gasteiger partial charge in [-0.25, -0.2) is 9.50 Å². The summed E-state index contributed by atoms with van der Waals surface area (Å²) in [7, 11) is 1.90. The molecule has 27 heavy (non-hydrogen) atoms. The van der Waals surface area contributed by atoms with Crippen LogP contribution in [0.15, 0.2) is 42.6 Å². The maximum atomic E-state index is 12.5. The van der Waals surface area contributed by atoms with E-state index >= 15 is 0 Å².